The van der Waals surface area contributed by atoms with Crippen molar-refractivity contribution >= 4 is 17.5 Å². The molecule has 27 heavy (non-hydrogen) atoms. The number of halogens is 1. The number of anilines is 1. The van der Waals surface area contributed by atoms with Gasteiger partial charge in [-0.25, -0.2) is 4.39 Å². The van der Waals surface area contributed by atoms with Crippen molar-refractivity contribution in [3.05, 3.63) is 66.3 Å². The number of nitrogens with zero attached hydrogens (tertiary/aromatic N) is 4. The number of hydrogen-bond acceptors (Lipinski definition) is 5. The lowest BCUT2D eigenvalue weighted by atomic mass is 10.2. The van der Waals surface area contributed by atoms with Crippen LogP contribution in [0.1, 0.15) is 5.89 Å². The van der Waals surface area contributed by atoms with Gasteiger partial charge in [-0.1, -0.05) is 35.5 Å². The van der Waals surface area contributed by atoms with Crippen LogP contribution in [-0.4, -0.2) is 39.9 Å². The SMILES string of the molecule is O=C1C(=O)N(c2ccccc2)CCN1Cc1nc(-c2cccc(F)c2)no1. The summed E-state index contributed by atoms with van der Waals surface area (Å²) in [6.45, 7) is 0.742. The van der Waals surface area contributed by atoms with E-state index in [2.05, 4.69) is 10.1 Å². The van der Waals surface area contributed by atoms with E-state index in [1.807, 2.05) is 18.2 Å². The Morgan fingerprint density at radius 3 is 2.59 bits per heavy atom. The average molecular weight is 366 g/mol. The molecule has 0 saturated carbocycles. The van der Waals surface area contributed by atoms with Crippen LogP contribution in [0.4, 0.5) is 10.1 Å². The second-order valence-corrected chi connectivity index (χ2v) is 6.04. The molecule has 0 spiro atoms. The minimum absolute atomic E-state index is 0.0233. The van der Waals surface area contributed by atoms with Gasteiger partial charge in [0.2, 0.25) is 11.7 Å². The molecule has 4 rings (SSSR count). The molecular weight excluding hydrogens is 351 g/mol. The second-order valence-electron chi connectivity index (χ2n) is 6.04. The predicted octanol–water partition coefficient (Wildman–Crippen LogP) is 2.25. The molecule has 1 saturated heterocycles. The highest BCUT2D eigenvalue weighted by Crippen LogP contribution is 2.20. The van der Waals surface area contributed by atoms with E-state index in [9.17, 15) is 14.0 Å². The number of carbonyl (C=O) groups excluding carboxylic acids is 2. The van der Waals surface area contributed by atoms with Gasteiger partial charge in [0, 0.05) is 24.3 Å². The molecule has 2 aromatic carbocycles. The second kappa shape index (κ2) is 6.99. The highest BCUT2D eigenvalue weighted by Gasteiger charge is 2.34. The maximum Gasteiger partial charge on any atom is 0.316 e. The number of para-hydroxylation sites is 1. The summed E-state index contributed by atoms with van der Waals surface area (Å²) in [4.78, 5) is 31.9. The van der Waals surface area contributed by atoms with E-state index in [-0.39, 0.29) is 18.3 Å². The van der Waals surface area contributed by atoms with E-state index >= 15 is 0 Å². The van der Waals surface area contributed by atoms with Gasteiger partial charge < -0.3 is 14.3 Å². The van der Waals surface area contributed by atoms with Crippen molar-refractivity contribution in [3.8, 4) is 11.4 Å². The Morgan fingerprint density at radius 2 is 1.81 bits per heavy atom. The van der Waals surface area contributed by atoms with Crippen LogP contribution in [0.3, 0.4) is 0 Å². The standard InChI is InChI=1S/C19H15FN4O3/c20-14-6-4-5-13(11-14)17-21-16(27-22-17)12-23-9-10-24(19(26)18(23)25)15-7-2-1-3-8-15/h1-8,11H,9-10,12H2. The summed E-state index contributed by atoms with van der Waals surface area (Å²) in [5.41, 5.74) is 1.16. The number of carbonyl (C=O) groups is 2. The third kappa shape index (κ3) is 3.41. The zero-order valence-electron chi connectivity index (χ0n) is 14.2. The van der Waals surface area contributed by atoms with Gasteiger partial charge in [-0.3, -0.25) is 9.59 Å². The van der Waals surface area contributed by atoms with Gasteiger partial charge in [-0.2, -0.15) is 4.98 Å². The van der Waals surface area contributed by atoms with Crippen molar-refractivity contribution in [1.29, 1.82) is 0 Å². The summed E-state index contributed by atoms with van der Waals surface area (Å²) in [7, 11) is 0. The lowest BCUT2D eigenvalue weighted by molar-refractivity contribution is -0.146. The van der Waals surface area contributed by atoms with Crippen LogP contribution >= 0.6 is 0 Å². The molecule has 1 fully saturated rings. The fraction of sp³-hybridized carbons (Fsp3) is 0.158. The molecule has 3 aromatic rings. The first kappa shape index (κ1) is 16.9. The van der Waals surface area contributed by atoms with Crippen molar-refractivity contribution in [2.45, 2.75) is 6.54 Å². The average Bonchev–Trinajstić information content (AvgIpc) is 3.15. The van der Waals surface area contributed by atoms with Crippen molar-refractivity contribution in [3.63, 3.8) is 0 Å². The zero-order valence-corrected chi connectivity index (χ0v) is 14.2. The molecule has 0 atom stereocenters. The smallest absolute Gasteiger partial charge is 0.316 e. The summed E-state index contributed by atoms with van der Waals surface area (Å²) in [5, 5.41) is 3.81. The number of rotatable bonds is 4. The minimum atomic E-state index is -0.629. The largest absolute Gasteiger partial charge is 0.337 e. The van der Waals surface area contributed by atoms with Crippen LogP contribution in [-0.2, 0) is 16.1 Å². The van der Waals surface area contributed by atoms with E-state index in [1.165, 1.54) is 21.9 Å². The Kier molecular flexibility index (Phi) is 4.37. The maximum absolute atomic E-state index is 13.3. The quantitative estimate of drug-likeness (QED) is 0.662. The lowest BCUT2D eigenvalue weighted by Crippen LogP contribution is -2.54. The van der Waals surface area contributed by atoms with Gasteiger partial charge in [0.05, 0.1) is 0 Å². The van der Waals surface area contributed by atoms with Crippen LogP contribution < -0.4 is 4.90 Å². The van der Waals surface area contributed by atoms with Crippen LogP contribution in [0.25, 0.3) is 11.4 Å². The van der Waals surface area contributed by atoms with Crippen LogP contribution in [0, 0.1) is 5.82 Å². The molecule has 0 radical (unpaired) electrons. The fourth-order valence-corrected chi connectivity index (χ4v) is 2.91. The third-order valence-electron chi connectivity index (χ3n) is 4.25. The number of hydrogen-bond donors (Lipinski definition) is 0. The molecule has 7 nitrogen and oxygen atoms in total. The Balaban J connectivity index is 1.47. The van der Waals surface area contributed by atoms with Crippen LogP contribution in [0.15, 0.2) is 59.1 Å². The van der Waals surface area contributed by atoms with Gasteiger partial charge in [-0.05, 0) is 24.3 Å². The maximum atomic E-state index is 13.3. The first-order valence-corrected chi connectivity index (χ1v) is 8.36. The van der Waals surface area contributed by atoms with Crippen LogP contribution in [0.5, 0.6) is 0 Å². The number of benzene rings is 2. The van der Waals surface area contributed by atoms with Crippen molar-refractivity contribution < 1.29 is 18.5 Å². The summed E-state index contributed by atoms with van der Waals surface area (Å²) in [6, 6.07) is 14.9. The normalized spacial score (nSPS) is 14.7. The van der Waals surface area contributed by atoms with Crippen LogP contribution in [0.2, 0.25) is 0 Å². The molecule has 1 aliphatic rings. The van der Waals surface area contributed by atoms with Gasteiger partial charge in [0.15, 0.2) is 0 Å². The number of piperazine rings is 1. The molecule has 2 amide bonds. The zero-order chi connectivity index (χ0) is 18.8. The monoisotopic (exact) mass is 366 g/mol. The Bertz CT molecular complexity index is 989. The van der Waals surface area contributed by atoms with Gasteiger partial charge >= 0.3 is 11.8 Å². The third-order valence-corrected chi connectivity index (χ3v) is 4.25. The first-order chi connectivity index (χ1) is 13.1. The van der Waals surface area contributed by atoms with Crippen molar-refractivity contribution in [2.75, 3.05) is 18.0 Å². The molecule has 1 aromatic heterocycles. The Hall–Kier alpha value is -3.55. The molecule has 0 aliphatic carbocycles. The molecule has 0 N–H and O–H groups in total. The van der Waals surface area contributed by atoms with E-state index in [0.29, 0.717) is 24.3 Å². The van der Waals surface area contributed by atoms with E-state index in [0.717, 1.165) is 0 Å². The van der Waals surface area contributed by atoms with Crippen molar-refractivity contribution in [2.24, 2.45) is 0 Å². The minimum Gasteiger partial charge on any atom is -0.337 e. The van der Waals surface area contributed by atoms with Gasteiger partial charge in [0.1, 0.15) is 12.4 Å². The summed E-state index contributed by atoms with van der Waals surface area (Å²) >= 11 is 0. The summed E-state index contributed by atoms with van der Waals surface area (Å²) in [6.07, 6.45) is 0. The van der Waals surface area contributed by atoms with E-state index in [1.54, 1.807) is 24.3 Å². The molecule has 2 heterocycles. The fourth-order valence-electron chi connectivity index (χ4n) is 2.91. The van der Waals surface area contributed by atoms with E-state index in [4.69, 9.17) is 4.52 Å². The van der Waals surface area contributed by atoms with Gasteiger partial charge in [-0.15, -0.1) is 0 Å². The van der Waals surface area contributed by atoms with Gasteiger partial charge in [0.25, 0.3) is 0 Å². The molecule has 8 heteroatoms. The molecular formula is C19H15FN4O3. The van der Waals surface area contributed by atoms with E-state index < -0.39 is 17.6 Å². The van der Waals surface area contributed by atoms with Crippen molar-refractivity contribution in [1.82, 2.24) is 15.0 Å². The highest BCUT2D eigenvalue weighted by molar-refractivity contribution is 6.40. The first-order valence-electron chi connectivity index (χ1n) is 8.36. The highest BCUT2D eigenvalue weighted by atomic mass is 19.1. The Morgan fingerprint density at radius 1 is 1.00 bits per heavy atom. The predicted molar refractivity (Wildman–Crippen MR) is 93.9 cm³/mol. The molecule has 136 valence electrons. The molecule has 0 unspecified atom stereocenters. The lowest BCUT2D eigenvalue weighted by Gasteiger charge is -2.32. The molecule has 0 bridgehead atoms. The number of amides is 2. The summed E-state index contributed by atoms with van der Waals surface area (Å²) in [5.74, 6) is -1.22. The number of aromatic nitrogens is 2. The Labute approximate surface area is 154 Å². The molecule has 1 aliphatic heterocycles. The summed E-state index contributed by atoms with van der Waals surface area (Å²) < 4.78 is 18.5. The topological polar surface area (TPSA) is 79.5 Å².